The highest BCUT2D eigenvalue weighted by atomic mass is 16.4. The van der Waals surface area contributed by atoms with Crippen LogP contribution >= 0.6 is 0 Å². The highest BCUT2D eigenvalue weighted by Gasteiger charge is 2.31. The van der Waals surface area contributed by atoms with Crippen molar-refractivity contribution in [1.29, 1.82) is 0 Å². The number of carboxylic acid groups (broad SMARTS) is 1. The van der Waals surface area contributed by atoms with E-state index in [1.54, 1.807) is 6.92 Å². The van der Waals surface area contributed by atoms with Gasteiger partial charge in [0.2, 0.25) is 0 Å². The van der Waals surface area contributed by atoms with Crippen molar-refractivity contribution in [2.24, 2.45) is 0 Å². The van der Waals surface area contributed by atoms with E-state index >= 15 is 0 Å². The van der Waals surface area contributed by atoms with Gasteiger partial charge in [-0.3, -0.25) is 9.69 Å². The fourth-order valence-corrected chi connectivity index (χ4v) is 0.972. The molecule has 0 bridgehead atoms. The predicted octanol–water partition coefficient (Wildman–Crippen LogP) is 0.554. The van der Waals surface area contributed by atoms with Crippen molar-refractivity contribution in [3.05, 3.63) is 0 Å². The van der Waals surface area contributed by atoms with Crippen LogP contribution < -0.4 is 0 Å². The van der Waals surface area contributed by atoms with E-state index in [0.717, 1.165) is 12.8 Å². The van der Waals surface area contributed by atoms with Crippen LogP contribution in [0.15, 0.2) is 0 Å². The summed E-state index contributed by atoms with van der Waals surface area (Å²) in [4.78, 5) is 12.4. The van der Waals surface area contributed by atoms with Gasteiger partial charge < -0.3 is 5.11 Å². The number of carbonyl (C=O) groups is 1. The highest BCUT2D eigenvalue weighted by molar-refractivity contribution is 5.72. The molecule has 0 aromatic rings. The molecule has 1 fully saturated rings. The van der Waals surface area contributed by atoms with Gasteiger partial charge in [-0.25, -0.2) is 0 Å². The van der Waals surface area contributed by atoms with Gasteiger partial charge in [-0.05, 0) is 26.8 Å². The molecule has 0 aromatic carbocycles. The van der Waals surface area contributed by atoms with E-state index in [-0.39, 0.29) is 6.04 Å². The van der Waals surface area contributed by atoms with Crippen LogP contribution in [0.25, 0.3) is 0 Å². The van der Waals surface area contributed by atoms with Gasteiger partial charge in [0.15, 0.2) is 0 Å². The molecule has 3 heteroatoms. The summed E-state index contributed by atoms with van der Waals surface area (Å²) in [6.07, 6.45) is 2.32. The molecule has 0 radical (unpaired) electrons. The lowest BCUT2D eigenvalue weighted by Crippen LogP contribution is -2.37. The van der Waals surface area contributed by atoms with Gasteiger partial charge in [0.05, 0.1) is 0 Å². The summed E-state index contributed by atoms with van der Waals surface area (Å²) in [5.41, 5.74) is 0. The first-order valence-corrected chi connectivity index (χ1v) is 3.57. The van der Waals surface area contributed by atoms with Gasteiger partial charge in [-0.2, -0.15) is 0 Å². The van der Waals surface area contributed by atoms with Crippen molar-refractivity contribution >= 4 is 5.97 Å². The van der Waals surface area contributed by atoms with Crippen molar-refractivity contribution in [2.45, 2.75) is 31.8 Å². The quantitative estimate of drug-likeness (QED) is 0.627. The molecule has 0 amide bonds. The molecule has 1 aliphatic carbocycles. The molecule has 58 valence electrons. The summed E-state index contributed by atoms with van der Waals surface area (Å²) in [5.74, 6) is -0.727. The van der Waals surface area contributed by atoms with Gasteiger partial charge in [0.25, 0.3) is 0 Å². The van der Waals surface area contributed by atoms with E-state index in [9.17, 15) is 4.79 Å². The summed E-state index contributed by atoms with van der Waals surface area (Å²) in [6, 6.07) is 0.207. The highest BCUT2D eigenvalue weighted by Crippen LogP contribution is 2.26. The summed E-state index contributed by atoms with van der Waals surface area (Å²) in [5, 5.41) is 8.59. The average molecular weight is 143 g/mol. The number of hydrogen-bond acceptors (Lipinski definition) is 2. The molecule has 0 unspecified atom stereocenters. The van der Waals surface area contributed by atoms with Crippen molar-refractivity contribution in [2.75, 3.05) is 7.05 Å². The molecule has 0 saturated heterocycles. The molecule has 1 aliphatic rings. The molecular weight excluding hydrogens is 130 g/mol. The Labute approximate surface area is 60.6 Å². The van der Waals surface area contributed by atoms with Crippen molar-refractivity contribution in [1.82, 2.24) is 4.90 Å². The summed E-state index contributed by atoms with van der Waals surface area (Å²) >= 11 is 0. The second kappa shape index (κ2) is 2.58. The summed E-state index contributed by atoms with van der Waals surface area (Å²) in [6.45, 7) is 1.72. The van der Waals surface area contributed by atoms with Crippen LogP contribution in [0.3, 0.4) is 0 Å². The first kappa shape index (κ1) is 7.54. The Morgan fingerprint density at radius 1 is 1.70 bits per heavy atom. The lowest BCUT2D eigenvalue weighted by molar-refractivity contribution is -0.142. The fraction of sp³-hybridized carbons (Fsp3) is 0.857. The number of aliphatic carboxylic acids is 1. The first-order chi connectivity index (χ1) is 4.63. The first-order valence-electron chi connectivity index (χ1n) is 3.57. The molecule has 10 heavy (non-hydrogen) atoms. The largest absolute Gasteiger partial charge is 0.480 e. The molecule has 3 nitrogen and oxygen atoms in total. The molecule has 0 aromatic heterocycles. The third-order valence-corrected chi connectivity index (χ3v) is 2.09. The van der Waals surface area contributed by atoms with Gasteiger partial charge in [0, 0.05) is 6.04 Å². The topological polar surface area (TPSA) is 40.5 Å². The van der Waals surface area contributed by atoms with Crippen LogP contribution in [0.4, 0.5) is 0 Å². The number of hydrogen-bond donors (Lipinski definition) is 1. The zero-order valence-corrected chi connectivity index (χ0v) is 6.37. The Balaban J connectivity index is 2.38. The van der Waals surface area contributed by atoms with Crippen LogP contribution in [0.5, 0.6) is 0 Å². The van der Waals surface area contributed by atoms with Crippen molar-refractivity contribution < 1.29 is 9.90 Å². The van der Waals surface area contributed by atoms with Gasteiger partial charge in [0.1, 0.15) is 6.04 Å². The van der Waals surface area contributed by atoms with Crippen LogP contribution in [-0.4, -0.2) is 35.1 Å². The van der Waals surface area contributed by atoms with Gasteiger partial charge >= 0.3 is 5.97 Å². The second-order valence-corrected chi connectivity index (χ2v) is 2.91. The van der Waals surface area contributed by atoms with E-state index in [1.807, 2.05) is 11.9 Å². The van der Waals surface area contributed by atoms with E-state index in [2.05, 4.69) is 0 Å². The molecule has 1 rings (SSSR count). The van der Waals surface area contributed by atoms with Crippen LogP contribution in [0, 0.1) is 0 Å². The lowest BCUT2D eigenvalue weighted by atomic mass is 10.3. The SMILES string of the molecule is C[C@@H](C(=O)O)N(C)C1CC1. The monoisotopic (exact) mass is 143 g/mol. The van der Waals surface area contributed by atoms with Crippen LogP contribution in [-0.2, 0) is 4.79 Å². The number of carboxylic acids is 1. The molecule has 0 heterocycles. The Hall–Kier alpha value is -0.570. The number of likely N-dealkylation sites (N-methyl/N-ethyl adjacent to an activating group) is 1. The Morgan fingerprint density at radius 2 is 2.20 bits per heavy atom. The van der Waals surface area contributed by atoms with E-state index in [4.69, 9.17) is 5.11 Å². The van der Waals surface area contributed by atoms with Crippen LogP contribution in [0.2, 0.25) is 0 Å². The molecule has 1 N–H and O–H groups in total. The van der Waals surface area contributed by atoms with Gasteiger partial charge in [-0.15, -0.1) is 0 Å². The summed E-state index contributed by atoms with van der Waals surface area (Å²) in [7, 11) is 1.87. The van der Waals surface area contributed by atoms with E-state index < -0.39 is 5.97 Å². The van der Waals surface area contributed by atoms with Crippen LogP contribution in [0.1, 0.15) is 19.8 Å². The molecule has 1 atom stereocenters. The minimum Gasteiger partial charge on any atom is -0.480 e. The maximum absolute atomic E-state index is 10.4. The fourth-order valence-electron chi connectivity index (χ4n) is 0.972. The lowest BCUT2D eigenvalue weighted by Gasteiger charge is -2.19. The standard InChI is InChI=1S/C7H13NO2/c1-5(7(9)10)8(2)6-3-4-6/h5-6H,3-4H2,1-2H3,(H,9,10)/t5-/m0/s1. The molecule has 1 saturated carbocycles. The average Bonchev–Trinajstić information content (AvgIpc) is 2.65. The van der Waals surface area contributed by atoms with Crippen molar-refractivity contribution in [3.8, 4) is 0 Å². The Bertz CT molecular complexity index is 143. The maximum Gasteiger partial charge on any atom is 0.320 e. The predicted molar refractivity (Wildman–Crippen MR) is 37.9 cm³/mol. The Morgan fingerprint density at radius 3 is 2.50 bits per heavy atom. The van der Waals surface area contributed by atoms with Crippen molar-refractivity contribution in [3.63, 3.8) is 0 Å². The molecule has 0 aliphatic heterocycles. The number of rotatable bonds is 3. The van der Waals surface area contributed by atoms with Gasteiger partial charge in [-0.1, -0.05) is 0 Å². The minimum absolute atomic E-state index is 0.326. The number of nitrogens with zero attached hydrogens (tertiary/aromatic N) is 1. The summed E-state index contributed by atoms with van der Waals surface area (Å²) < 4.78 is 0. The zero-order valence-electron chi connectivity index (χ0n) is 6.37. The van der Waals surface area contributed by atoms with E-state index in [1.165, 1.54) is 0 Å². The third kappa shape index (κ3) is 1.48. The maximum atomic E-state index is 10.4. The third-order valence-electron chi connectivity index (χ3n) is 2.09. The molecule has 0 spiro atoms. The smallest absolute Gasteiger partial charge is 0.320 e. The Kier molecular flexibility index (Phi) is 1.94. The van der Waals surface area contributed by atoms with E-state index in [0.29, 0.717) is 6.04 Å². The molecular formula is C7H13NO2. The second-order valence-electron chi connectivity index (χ2n) is 2.91. The normalized spacial score (nSPS) is 21.1. The minimum atomic E-state index is -0.727. The zero-order chi connectivity index (χ0) is 7.72.